The van der Waals surface area contributed by atoms with Gasteiger partial charge in [0.05, 0.1) is 12.7 Å². The molecule has 21 heavy (non-hydrogen) atoms. The van der Waals surface area contributed by atoms with Gasteiger partial charge in [-0.3, -0.25) is 0 Å². The zero-order valence-electron chi connectivity index (χ0n) is 11.6. The van der Waals surface area contributed by atoms with Crippen molar-refractivity contribution in [3.05, 3.63) is 69.9 Å². The molecule has 4 heteroatoms. The van der Waals surface area contributed by atoms with Crippen molar-refractivity contribution >= 4 is 15.9 Å². The number of morpholine rings is 1. The number of nitrogens with one attached hydrogen (secondary N) is 1. The maximum atomic E-state index is 13.9. The van der Waals surface area contributed by atoms with Gasteiger partial charge >= 0.3 is 0 Å². The van der Waals surface area contributed by atoms with Crippen LogP contribution >= 0.6 is 15.9 Å². The number of hydrogen-bond donors (Lipinski definition) is 1. The van der Waals surface area contributed by atoms with Gasteiger partial charge in [0.25, 0.3) is 0 Å². The van der Waals surface area contributed by atoms with E-state index >= 15 is 0 Å². The lowest BCUT2D eigenvalue weighted by Crippen LogP contribution is -2.44. The van der Waals surface area contributed by atoms with Crippen LogP contribution in [0.15, 0.2) is 53.0 Å². The molecule has 2 unspecified atom stereocenters. The third kappa shape index (κ3) is 3.70. The van der Waals surface area contributed by atoms with Gasteiger partial charge in [0, 0.05) is 22.6 Å². The van der Waals surface area contributed by atoms with Crippen LogP contribution in [0.4, 0.5) is 4.39 Å². The summed E-state index contributed by atoms with van der Waals surface area (Å²) in [7, 11) is 0. The van der Waals surface area contributed by atoms with Gasteiger partial charge in [-0.1, -0.05) is 52.3 Å². The summed E-state index contributed by atoms with van der Waals surface area (Å²) in [4.78, 5) is 0. The lowest BCUT2D eigenvalue weighted by atomic mass is 10.0. The minimum Gasteiger partial charge on any atom is -0.370 e. The first-order valence-electron chi connectivity index (χ1n) is 7.06. The van der Waals surface area contributed by atoms with Crippen LogP contribution in [0, 0.1) is 5.82 Å². The van der Waals surface area contributed by atoms with Gasteiger partial charge in [-0.05, 0) is 24.1 Å². The van der Waals surface area contributed by atoms with E-state index in [0.29, 0.717) is 18.7 Å². The molecule has 2 aromatic carbocycles. The first-order valence-corrected chi connectivity index (χ1v) is 7.85. The fraction of sp³-hybridized carbons (Fsp3) is 0.294. The minimum atomic E-state index is -0.224. The Morgan fingerprint density at radius 1 is 1.19 bits per heavy atom. The van der Waals surface area contributed by atoms with E-state index in [-0.39, 0.29) is 18.0 Å². The van der Waals surface area contributed by atoms with Crippen LogP contribution in [-0.2, 0) is 11.2 Å². The molecule has 1 aliphatic rings. The fourth-order valence-electron chi connectivity index (χ4n) is 2.62. The van der Waals surface area contributed by atoms with Crippen molar-refractivity contribution in [3.63, 3.8) is 0 Å². The molecule has 2 atom stereocenters. The van der Waals surface area contributed by atoms with Gasteiger partial charge in [0.1, 0.15) is 5.82 Å². The zero-order chi connectivity index (χ0) is 14.7. The standard InChI is InChI=1S/C17H17BrFNO/c18-13-6-7-15(16(19)9-13)17-10-20-14(11-21-17)8-12-4-2-1-3-5-12/h1-7,9,14,17,20H,8,10-11H2. The number of hydrogen-bond acceptors (Lipinski definition) is 2. The summed E-state index contributed by atoms with van der Waals surface area (Å²) in [6.45, 7) is 1.23. The topological polar surface area (TPSA) is 21.3 Å². The molecular formula is C17H17BrFNO. The monoisotopic (exact) mass is 349 g/mol. The Labute approximate surface area is 132 Å². The normalized spacial score (nSPS) is 22.2. The largest absolute Gasteiger partial charge is 0.370 e. The third-order valence-corrected chi connectivity index (χ3v) is 4.22. The van der Waals surface area contributed by atoms with E-state index in [9.17, 15) is 4.39 Å². The molecule has 0 saturated carbocycles. The van der Waals surface area contributed by atoms with Crippen molar-refractivity contribution < 1.29 is 9.13 Å². The van der Waals surface area contributed by atoms with E-state index in [1.54, 1.807) is 6.07 Å². The van der Waals surface area contributed by atoms with Crippen molar-refractivity contribution in [2.45, 2.75) is 18.6 Å². The smallest absolute Gasteiger partial charge is 0.130 e. The van der Waals surface area contributed by atoms with Crippen molar-refractivity contribution in [1.29, 1.82) is 0 Å². The van der Waals surface area contributed by atoms with Crippen molar-refractivity contribution in [2.24, 2.45) is 0 Å². The molecule has 1 aliphatic heterocycles. The molecule has 0 aromatic heterocycles. The maximum Gasteiger partial charge on any atom is 0.130 e. The Morgan fingerprint density at radius 2 is 2.00 bits per heavy atom. The maximum absolute atomic E-state index is 13.9. The average Bonchev–Trinajstić information content (AvgIpc) is 2.49. The molecule has 1 N–H and O–H groups in total. The first-order chi connectivity index (χ1) is 10.2. The van der Waals surface area contributed by atoms with Crippen molar-refractivity contribution in [3.8, 4) is 0 Å². The summed E-state index contributed by atoms with van der Waals surface area (Å²) in [5, 5.41) is 3.45. The quantitative estimate of drug-likeness (QED) is 0.908. The second-order valence-corrected chi connectivity index (χ2v) is 6.20. The van der Waals surface area contributed by atoms with Gasteiger partial charge < -0.3 is 10.1 Å². The van der Waals surface area contributed by atoms with Crippen LogP contribution in [0.1, 0.15) is 17.2 Å². The van der Waals surface area contributed by atoms with Gasteiger partial charge in [-0.15, -0.1) is 0 Å². The molecule has 0 aliphatic carbocycles. The summed E-state index contributed by atoms with van der Waals surface area (Å²) in [5.41, 5.74) is 1.90. The summed E-state index contributed by atoms with van der Waals surface area (Å²) in [6.07, 6.45) is 0.709. The molecular weight excluding hydrogens is 333 g/mol. The minimum absolute atomic E-state index is 0.217. The number of ether oxygens (including phenoxy) is 1. The van der Waals surface area contributed by atoms with Crippen LogP contribution in [0.3, 0.4) is 0 Å². The van der Waals surface area contributed by atoms with E-state index in [0.717, 1.165) is 10.9 Å². The van der Waals surface area contributed by atoms with Crippen LogP contribution in [0.5, 0.6) is 0 Å². The Morgan fingerprint density at radius 3 is 2.67 bits per heavy atom. The van der Waals surface area contributed by atoms with Crippen LogP contribution in [-0.4, -0.2) is 19.2 Å². The number of rotatable bonds is 3. The Balaban J connectivity index is 1.60. The zero-order valence-corrected chi connectivity index (χ0v) is 13.1. The molecule has 0 spiro atoms. The summed E-state index contributed by atoms with van der Waals surface area (Å²) < 4.78 is 20.5. The van der Waals surface area contributed by atoms with E-state index in [4.69, 9.17) is 4.74 Å². The second-order valence-electron chi connectivity index (χ2n) is 5.28. The number of halogens is 2. The molecule has 1 saturated heterocycles. The molecule has 0 bridgehead atoms. The van der Waals surface area contributed by atoms with E-state index in [1.807, 2.05) is 24.3 Å². The lowest BCUT2D eigenvalue weighted by Gasteiger charge is -2.31. The highest BCUT2D eigenvalue weighted by Crippen LogP contribution is 2.25. The Kier molecular flexibility index (Phi) is 4.68. The molecule has 2 aromatic rings. The SMILES string of the molecule is Fc1cc(Br)ccc1C1CNC(Cc2ccccc2)CO1. The Hall–Kier alpha value is -1.23. The van der Waals surface area contributed by atoms with E-state index in [1.165, 1.54) is 11.6 Å². The molecule has 0 radical (unpaired) electrons. The third-order valence-electron chi connectivity index (χ3n) is 3.72. The molecule has 1 heterocycles. The first kappa shape index (κ1) is 14.7. The van der Waals surface area contributed by atoms with Gasteiger partial charge in [-0.25, -0.2) is 4.39 Å². The van der Waals surface area contributed by atoms with Gasteiger partial charge in [0.2, 0.25) is 0 Å². The summed E-state index contributed by atoms with van der Waals surface area (Å²) in [6, 6.07) is 15.7. The molecule has 3 rings (SSSR count). The fourth-order valence-corrected chi connectivity index (χ4v) is 2.95. The van der Waals surface area contributed by atoms with E-state index < -0.39 is 0 Å². The van der Waals surface area contributed by atoms with Crippen LogP contribution in [0.2, 0.25) is 0 Å². The summed E-state index contributed by atoms with van der Waals surface area (Å²) >= 11 is 3.27. The predicted molar refractivity (Wildman–Crippen MR) is 84.7 cm³/mol. The van der Waals surface area contributed by atoms with Gasteiger partial charge in [-0.2, -0.15) is 0 Å². The highest BCUT2D eigenvalue weighted by atomic mass is 79.9. The lowest BCUT2D eigenvalue weighted by molar-refractivity contribution is 0.00119. The average molecular weight is 350 g/mol. The predicted octanol–water partition coefficient (Wildman–Crippen LogP) is 3.86. The van der Waals surface area contributed by atoms with Crippen LogP contribution in [0.25, 0.3) is 0 Å². The highest BCUT2D eigenvalue weighted by Gasteiger charge is 2.24. The molecule has 110 valence electrons. The molecule has 1 fully saturated rings. The van der Waals surface area contributed by atoms with E-state index in [2.05, 4.69) is 33.4 Å². The highest BCUT2D eigenvalue weighted by molar-refractivity contribution is 9.10. The Bertz CT molecular complexity index is 597. The van der Waals surface area contributed by atoms with Crippen molar-refractivity contribution in [1.82, 2.24) is 5.32 Å². The van der Waals surface area contributed by atoms with Crippen molar-refractivity contribution in [2.75, 3.05) is 13.2 Å². The molecule has 2 nitrogen and oxygen atoms in total. The number of benzene rings is 2. The second kappa shape index (κ2) is 6.69. The van der Waals surface area contributed by atoms with Gasteiger partial charge in [0.15, 0.2) is 0 Å². The molecule has 0 amide bonds. The van der Waals surface area contributed by atoms with Crippen LogP contribution < -0.4 is 5.32 Å². The summed E-state index contributed by atoms with van der Waals surface area (Å²) in [5.74, 6) is -0.224.